The molecule has 0 atom stereocenters. The zero-order valence-electron chi connectivity index (χ0n) is 9.80. The normalized spacial score (nSPS) is 11.4. The van der Waals surface area contributed by atoms with Crippen molar-refractivity contribution in [2.75, 3.05) is 23.8 Å². The number of sulfone groups is 1. The van der Waals surface area contributed by atoms with Crippen LogP contribution in [0.2, 0.25) is 0 Å². The van der Waals surface area contributed by atoms with Gasteiger partial charge in [0.05, 0.1) is 23.7 Å². The standard InChI is InChI=1S/C11H16N2O4S/c12-9-3-1-2-8(10(9)11(13)15)4-6-18(16,17)7-5-14/h1-3,14H,4-7,12H2,(H2,13,15). The first-order chi connectivity index (χ1) is 8.37. The molecule has 0 bridgehead atoms. The van der Waals surface area contributed by atoms with Crippen molar-refractivity contribution in [1.82, 2.24) is 0 Å². The lowest BCUT2D eigenvalue weighted by atomic mass is 10.0. The van der Waals surface area contributed by atoms with E-state index in [0.29, 0.717) is 5.56 Å². The molecule has 0 unspecified atom stereocenters. The topological polar surface area (TPSA) is 123 Å². The van der Waals surface area contributed by atoms with Crippen molar-refractivity contribution in [3.05, 3.63) is 29.3 Å². The molecule has 100 valence electrons. The highest BCUT2D eigenvalue weighted by atomic mass is 32.2. The minimum atomic E-state index is -3.33. The Balaban J connectivity index is 2.92. The van der Waals surface area contributed by atoms with Crippen LogP contribution in [0.3, 0.4) is 0 Å². The number of aliphatic hydroxyl groups excluding tert-OH is 1. The number of carbonyl (C=O) groups is 1. The summed E-state index contributed by atoms with van der Waals surface area (Å²) in [6, 6.07) is 4.78. The maximum atomic E-state index is 11.5. The first-order valence-corrected chi connectivity index (χ1v) is 7.18. The van der Waals surface area contributed by atoms with E-state index in [1.165, 1.54) is 6.07 Å². The third-order valence-corrected chi connectivity index (χ3v) is 4.14. The molecule has 1 amide bonds. The smallest absolute Gasteiger partial charge is 0.251 e. The van der Waals surface area contributed by atoms with Crippen LogP contribution < -0.4 is 11.5 Å². The van der Waals surface area contributed by atoms with Gasteiger partial charge in [-0.25, -0.2) is 8.42 Å². The third kappa shape index (κ3) is 3.71. The molecule has 1 rings (SSSR count). The first kappa shape index (κ1) is 14.5. The third-order valence-electron chi connectivity index (χ3n) is 2.51. The molecule has 0 aliphatic heterocycles. The Kier molecular flexibility index (Phi) is 4.69. The summed E-state index contributed by atoms with van der Waals surface area (Å²) >= 11 is 0. The van der Waals surface area contributed by atoms with Crippen LogP contribution in [0, 0.1) is 0 Å². The maximum Gasteiger partial charge on any atom is 0.251 e. The average Bonchev–Trinajstić information content (AvgIpc) is 2.26. The molecular formula is C11H16N2O4S. The SMILES string of the molecule is NC(=O)c1c(N)cccc1CCS(=O)(=O)CCO. The van der Waals surface area contributed by atoms with Gasteiger partial charge < -0.3 is 16.6 Å². The minimum absolute atomic E-state index is 0.144. The van der Waals surface area contributed by atoms with E-state index in [9.17, 15) is 13.2 Å². The average molecular weight is 272 g/mol. The fourth-order valence-corrected chi connectivity index (χ4v) is 2.65. The van der Waals surface area contributed by atoms with Gasteiger partial charge in [-0.05, 0) is 18.1 Å². The molecule has 1 aromatic rings. The van der Waals surface area contributed by atoms with E-state index in [0.717, 1.165) is 0 Å². The number of nitrogen functional groups attached to an aromatic ring is 1. The molecule has 0 saturated heterocycles. The van der Waals surface area contributed by atoms with Gasteiger partial charge in [0.15, 0.2) is 9.84 Å². The summed E-state index contributed by atoms with van der Waals surface area (Å²) in [5, 5.41) is 8.61. The summed E-state index contributed by atoms with van der Waals surface area (Å²) in [5.41, 5.74) is 11.7. The van der Waals surface area contributed by atoms with Crippen LogP contribution in [0.25, 0.3) is 0 Å². The van der Waals surface area contributed by atoms with Crippen LogP contribution in [0.15, 0.2) is 18.2 Å². The number of anilines is 1. The van der Waals surface area contributed by atoms with Gasteiger partial charge in [0, 0.05) is 5.69 Å². The van der Waals surface area contributed by atoms with E-state index in [1.807, 2.05) is 0 Å². The highest BCUT2D eigenvalue weighted by molar-refractivity contribution is 7.91. The molecule has 0 heterocycles. The molecule has 0 aliphatic carbocycles. The Morgan fingerprint density at radius 1 is 1.28 bits per heavy atom. The van der Waals surface area contributed by atoms with E-state index in [1.54, 1.807) is 12.1 Å². The molecule has 0 spiro atoms. The highest BCUT2D eigenvalue weighted by Gasteiger charge is 2.15. The Labute approximate surface area is 106 Å². The summed E-state index contributed by atoms with van der Waals surface area (Å²) in [6.07, 6.45) is 0.144. The van der Waals surface area contributed by atoms with E-state index in [-0.39, 0.29) is 29.2 Å². The number of nitrogens with two attached hydrogens (primary N) is 2. The van der Waals surface area contributed by atoms with Crippen LogP contribution in [0.5, 0.6) is 0 Å². The number of hydrogen-bond donors (Lipinski definition) is 3. The van der Waals surface area contributed by atoms with Gasteiger partial charge in [-0.2, -0.15) is 0 Å². The second-order valence-electron chi connectivity index (χ2n) is 3.87. The molecule has 7 heteroatoms. The van der Waals surface area contributed by atoms with Gasteiger partial charge in [-0.3, -0.25) is 4.79 Å². The fraction of sp³-hybridized carbons (Fsp3) is 0.364. The molecule has 18 heavy (non-hydrogen) atoms. The van der Waals surface area contributed by atoms with Gasteiger partial charge in [0.25, 0.3) is 5.91 Å². The van der Waals surface area contributed by atoms with E-state index in [2.05, 4.69) is 0 Å². The maximum absolute atomic E-state index is 11.5. The van der Waals surface area contributed by atoms with Gasteiger partial charge in [-0.1, -0.05) is 12.1 Å². The fourth-order valence-electron chi connectivity index (χ4n) is 1.64. The van der Waals surface area contributed by atoms with E-state index < -0.39 is 22.4 Å². The van der Waals surface area contributed by atoms with Crippen LogP contribution in [0.1, 0.15) is 15.9 Å². The lowest BCUT2D eigenvalue weighted by Crippen LogP contribution is -2.19. The van der Waals surface area contributed by atoms with Crippen molar-refractivity contribution in [2.45, 2.75) is 6.42 Å². The lowest BCUT2D eigenvalue weighted by Gasteiger charge is -2.09. The molecule has 0 aromatic heterocycles. The summed E-state index contributed by atoms with van der Waals surface area (Å²) in [6.45, 7) is -0.415. The van der Waals surface area contributed by atoms with Crippen molar-refractivity contribution in [2.24, 2.45) is 5.73 Å². The summed E-state index contributed by atoms with van der Waals surface area (Å²) in [7, 11) is -3.33. The zero-order chi connectivity index (χ0) is 13.8. The van der Waals surface area contributed by atoms with Gasteiger partial charge >= 0.3 is 0 Å². The Morgan fingerprint density at radius 3 is 2.50 bits per heavy atom. The predicted molar refractivity (Wildman–Crippen MR) is 68.8 cm³/mol. The molecular weight excluding hydrogens is 256 g/mol. The number of primary amides is 1. The first-order valence-electron chi connectivity index (χ1n) is 5.36. The Morgan fingerprint density at radius 2 is 1.94 bits per heavy atom. The summed E-state index contributed by atoms with van der Waals surface area (Å²) in [5.74, 6) is -1.12. The Bertz CT molecular complexity index is 540. The molecule has 0 radical (unpaired) electrons. The van der Waals surface area contributed by atoms with Crippen molar-refractivity contribution in [3.63, 3.8) is 0 Å². The van der Waals surface area contributed by atoms with Gasteiger partial charge in [-0.15, -0.1) is 0 Å². The number of carbonyl (C=O) groups excluding carboxylic acids is 1. The Hall–Kier alpha value is -1.60. The number of aliphatic hydroxyl groups is 1. The van der Waals surface area contributed by atoms with Crippen molar-refractivity contribution < 1.29 is 18.3 Å². The minimum Gasteiger partial charge on any atom is -0.398 e. The molecule has 0 fully saturated rings. The van der Waals surface area contributed by atoms with Crippen molar-refractivity contribution >= 4 is 21.4 Å². The second kappa shape index (κ2) is 5.83. The number of benzene rings is 1. The number of rotatable bonds is 6. The number of aryl methyl sites for hydroxylation is 1. The quantitative estimate of drug-likeness (QED) is 0.592. The van der Waals surface area contributed by atoms with Gasteiger partial charge in [0.1, 0.15) is 0 Å². The van der Waals surface area contributed by atoms with E-state index in [4.69, 9.17) is 16.6 Å². The van der Waals surface area contributed by atoms with Crippen LogP contribution >= 0.6 is 0 Å². The van der Waals surface area contributed by atoms with Crippen molar-refractivity contribution in [1.29, 1.82) is 0 Å². The highest BCUT2D eigenvalue weighted by Crippen LogP contribution is 2.17. The zero-order valence-corrected chi connectivity index (χ0v) is 10.6. The largest absolute Gasteiger partial charge is 0.398 e. The molecule has 0 aliphatic rings. The molecule has 6 nitrogen and oxygen atoms in total. The van der Waals surface area contributed by atoms with Crippen molar-refractivity contribution in [3.8, 4) is 0 Å². The molecule has 0 saturated carbocycles. The number of amides is 1. The summed E-state index contributed by atoms with van der Waals surface area (Å²) < 4.78 is 22.9. The monoisotopic (exact) mass is 272 g/mol. The summed E-state index contributed by atoms with van der Waals surface area (Å²) in [4.78, 5) is 11.2. The molecule has 5 N–H and O–H groups in total. The number of hydrogen-bond acceptors (Lipinski definition) is 5. The van der Waals surface area contributed by atoms with Crippen LogP contribution in [-0.4, -0.2) is 37.5 Å². The van der Waals surface area contributed by atoms with E-state index >= 15 is 0 Å². The van der Waals surface area contributed by atoms with Gasteiger partial charge in [0.2, 0.25) is 0 Å². The second-order valence-corrected chi connectivity index (χ2v) is 6.17. The lowest BCUT2D eigenvalue weighted by molar-refractivity contribution is 0.100. The van der Waals surface area contributed by atoms with Crippen LogP contribution in [-0.2, 0) is 16.3 Å². The van der Waals surface area contributed by atoms with Crippen LogP contribution in [0.4, 0.5) is 5.69 Å². The predicted octanol–water partition coefficient (Wildman–Crippen LogP) is -0.683. The molecule has 1 aromatic carbocycles.